The molecule has 1 amide bonds. The molecule has 21 heavy (non-hydrogen) atoms. The van der Waals surface area contributed by atoms with E-state index < -0.39 is 0 Å². The molecule has 2 heterocycles. The molecule has 1 aromatic rings. The van der Waals surface area contributed by atoms with E-state index in [0.29, 0.717) is 5.91 Å². The van der Waals surface area contributed by atoms with E-state index in [1.54, 1.807) is 7.11 Å². The standard InChI is InChI=1S/C17H24N2O2/c1-21-16-9-3-2-7-14(16)15-8-5-11-19(15)17(20)13-6-4-10-18-12-13/h2-3,7,9,13,15,18H,4-6,8,10-12H2,1H3/t13-,15-/m1/s1. The topological polar surface area (TPSA) is 41.6 Å². The SMILES string of the molecule is COc1ccccc1[C@H]1CCCN1C(=O)[C@@H]1CCCNC1. The zero-order valence-corrected chi connectivity index (χ0v) is 12.7. The second-order valence-corrected chi connectivity index (χ2v) is 5.97. The van der Waals surface area contributed by atoms with Gasteiger partial charge in [0.2, 0.25) is 5.91 Å². The average Bonchev–Trinajstić information content (AvgIpc) is 3.04. The third kappa shape index (κ3) is 2.91. The summed E-state index contributed by atoms with van der Waals surface area (Å²) in [5.41, 5.74) is 1.15. The summed E-state index contributed by atoms with van der Waals surface area (Å²) < 4.78 is 5.48. The number of benzene rings is 1. The van der Waals surface area contributed by atoms with Gasteiger partial charge in [0.15, 0.2) is 0 Å². The van der Waals surface area contributed by atoms with Crippen molar-refractivity contribution in [3.05, 3.63) is 29.8 Å². The van der Waals surface area contributed by atoms with Gasteiger partial charge in [-0.1, -0.05) is 18.2 Å². The number of para-hydroxylation sites is 1. The Hall–Kier alpha value is -1.55. The molecule has 0 saturated carbocycles. The van der Waals surface area contributed by atoms with Crippen LogP contribution in [0.1, 0.15) is 37.3 Å². The highest BCUT2D eigenvalue weighted by atomic mass is 16.5. The number of nitrogens with zero attached hydrogens (tertiary/aromatic N) is 1. The van der Waals surface area contributed by atoms with Crippen molar-refractivity contribution < 1.29 is 9.53 Å². The number of methoxy groups -OCH3 is 1. The molecule has 1 N–H and O–H groups in total. The Morgan fingerprint density at radius 3 is 2.90 bits per heavy atom. The first kappa shape index (κ1) is 14.4. The molecule has 4 nitrogen and oxygen atoms in total. The lowest BCUT2D eigenvalue weighted by Crippen LogP contribution is -2.42. The lowest BCUT2D eigenvalue weighted by molar-refractivity contribution is -0.137. The van der Waals surface area contributed by atoms with Gasteiger partial charge in [0.25, 0.3) is 0 Å². The predicted octanol–water partition coefficient (Wildman–Crippen LogP) is 2.36. The zero-order valence-electron chi connectivity index (χ0n) is 12.7. The highest BCUT2D eigenvalue weighted by molar-refractivity contribution is 5.80. The molecule has 4 heteroatoms. The number of likely N-dealkylation sites (tertiary alicyclic amines) is 1. The van der Waals surface area contributed by atoms with Crippen molar-refractivity contribution in [3.63, 3.8) is 0 Å². The van der Waals surface area contributed by atoms with Crippen LogP contribution in [-0.2, 0) is 4.79 Å². The first-order valence-corrected chi connectivity index (χ1v) is 7.95. The van der Waals surface area contributed by atoms with Crippen LogP contribution < -0.4 is 10.1 Å². The van der Waals surface area contributed by atoms with Crippen molar-refractivity contribution in [2.45, 2.75) is 31.7 Å². The second-order valence-electron chi connectivity index (χ2n) is 5.97. The summed E-state index contributed by atoms with van der Waals surface area (Å²) in [7, 11) is 1.70. The number of ether oxygens (including phenoxy) is 1. The summed E-state index contributed by atoms with van der Waals surface area (Å²) in [4.78, 5) is 14.9. The van der Waals surface area contributed by atoms with Gasteiger partial charge in [0.05, 0.1) is 19.1 Å². The molecule has 0 bridgehead atoms. The van der Waals surface area contributed by atoms with Crippen LogP contribution in [0.3, 0.4) is 0 Å². The van der Waals surface area contributed by atoms with Gasteiger partial charge in [0.1, 0.15) is 5.75 Å². The van der Waals surface area contributed by atoms with Crippen LogP contribution in [0.5, 0.6) is 5.75 Å². The predicted molar refractivity (Wildman–Crippen MR) is 82.3 cm³/mol. The number of rotatable bonds is 3. The summed E-state index contributed by atoms with van der Waals surface area (Å²) >= 11 is 0. The highest BCUT2D eigenvalue weighted by Crippen LogP contribution is 2.38. The molecule has 0 unspecified atom stereocenters. The molecule has 2 fully saturated rings. The smallest absolute Gasteiger partial charge is 0.227 e. The fourth-order valence-corrected chi connectivity index (χ4v) is 3.59. The quantitative estimate of drug-likeness (QED) is 0.928. The highest BCUT2D eigenvalue weighted by Gasteiger charge is 2.35. The van der Waals surface area contributed by atoms with E-state index in [2.05, 4.69) is 16.3 Å². The Morgan fingerprint density at radius 1 is 1.29 bits per heavy atom. The van der Waals surface area contributed by atoms with Crippen LogP contribution in [0, 0.1) is 5.92 Å². The monoisotopic (exact) mass is 288 g/mol. The molecular weight excluding hydrogens is 264 g/mol. The fraction of sp³-hybridized carbons (Fsp3) is 0.588. The van der Waals surface area contributed by atoms with Gasteiger partial charge in [-0.2, -0.15) is 0 Å². The number of hydrogen-bond donors (Lipinski definition) is 1. The number of hydrogen-bond acceptors (Lipinski definition) is 3. The van der Waals surface area contributed by atoms with Gasteiger partial charge in [-0.05, 0) is 38.3 Å². The molecule has 0 radical (unpaired) electrons. The normalized spacial score (nSPS) is 25.9. The maximum atomic E-state index is 12.8. The van der Waals surface area contributed by atoms with Crippen LogP contribution in [0.4, 0.5) is 0 Å². The Labute approximate surface area is 126 Å². The molecular formula is C17H24N2O2. The molecule has 3 rings (SSSR count). The summed E-state index contributed by atoms with van der Waals surface area (Å²) in [6, 6.07) is 8.26. The number of nitrogens with one attached hydrogen (secondary N) is 1. The minimum absolute atomic E-state index is 0.147. The first-order valence-electron chi connectivity index (χ1n) is 7.95. The molecule has 2 saturated heterocycles. The Morgan fingerprint density at radius 2 is 2.14 bits per heavy atom. The second kappa shape index (κ2) is 6.48. The van der Waals surface area contributed by atoms with Crippen LogP contribution in [0.2, 0.25) is 0 Å². The van der Waals surface area contributed by atoms with Gasteiger partial charge in [-0.3, -0.25) is 4.79 Å². The molecule has 114 valence electrons. The molecule has 2 aliphatic rings. The van der Waals surface area contributed by atoms with E-state index in [1.807, 2.05) is 18.2 Å². The maximum Gasteiger partial charge on any atom is 0.227 e. The van der Waals surface area contributed by atoms with Crippen molar-refractivity contribution in [1.29, 1.82) is 0 Å². The average molecular weight is 288 g/mol. The van der Waals surface area contributed by atoms with Crippen molar-refractivity contribution in [2.75, 3.05) is 26.7 Å². The zero-order chi connectivity index (χ0) is 14.7. The fourth-order valence-electron chi connectivity index (χ4n) is 3.59. The van der Waals surface area contributed by atoms with E-state index in [9.17, 15) is 4.79 Å². The summed E-state index contributed by atoms with van der Waals surface area (Å²) in [5.74, 6) is 1.36. The van der Waals surface area contributed by atoms with E-state index in [1.165, 1.54) is 0 Å². The Kier molecular flexibility index (Phi) is 4.44. The van der Waals surface area contributed by atoms with Gasteiger partial charge in [-0.15, -0.1) is 0 Å². The number of piperidine rings is 1. The van der Waals surface area contributed by atoms with E-state index in [4.69, 9.17) is 4.74 Å². The molecule has 2 atom stereocenters. The van der Waals surface area contributed by atoms with Crippen molar-refractivity contribution in [2.24, 2.45) is 5.92 Å². The van der Waals surface area contributed by atoms with E-state index >= 15 is 0 Å². The minimum atomic E-state index is 0.147. The van der Waals surface area contributed by atoms with Crippen molar-refractivity contribution in [3.8, 4) is 5.75 Å². The van der Waals surface area contributed by atoms with Gasteiger partial charge in [-0.25, -0.2) is 0 Å². The Balaban J connectivity index is 1.80. The van der Waals surface area contributed by atoms with Crippen LogP contribution in [-0.4, -0.2) is 37.6 Å². The van der Waals surface area contributed by atoms with Gasteiger partial charge in [0, 0.05) is 18.7 Å². The number of carbonyl (C=O) groups excluding carboxylic acids is 1. The van der Waals surface area contributed by atoms with Crippen LogP contribution in [0.15, 0.2) is 24.3 Å². The third-order valence-corrected chi connectivity index (χ3v) is 4.68. The minimum Gasteiger partial charge on any atom is -0.496 e. The van der Waals surface area contributed by atoms with Crippen molar-refractivity contribution >= 4 is 5.91 Å². The van der Waals surface area contributed by atoms with E-state index in [0.717, 1.165) is 56.6 Å². The molecule has 2 aliphatic heterocycles. The third-order valence-electron chi connectivity index (χ3n) is 4.68. The number of amides is 1. The Bertz CT molecular complexity index is 497. The lowest BCUT2D eigenvalue weighted by Gasteiger charge is -2.31. The van der Waals surface area contributed by atoms with Gasteiger partial charge >= 0.3 is 0 Å². The largest absolute Gasteiger partial charge is 0.496 e. The van der Waals surface area contributed by atoms with Gasteiger partial charge < -0.3 is 15.0 Å². The maximum absolute atomic E-state index is 12.8. The molecule has 0 aromatic heterocycles. The molecule has 1 aromatic carbocycles. The summed E-state index contributed by atoms with van der Waals surface area (Å²) in [6.45, 7) is 2.74. The molecule has 0 spiro atoms. The summed E-state index contributed by atoms with van der Waals surface area (Å²) in [6.07, 6.45) is 4.23. The van der Waals surface area contributed by atoms with Crippen LogP contribution >= 0.6 is 0 Å². The van der Waals surface area contributed by atoms with E-state index in [-0.39, 0.29) is 12.0 Å². The van der Waals surface area contributed by atoms with Crippen LogP contribution in [0.25, 0.3) is 0 Å². The molecule has 0 aliphatic carbocycles. The first-order chi connectivity index (χ1) is 10.3. The van der Waals surface area contributed by atoms with Crippen molar-refractivity contribution in [1.82, 2.24) is 10.2 Å². The lowest BCUT2D eigenvalue weighted by atomic mass is 9.96. The summed E-state index contributed by atoms with van der Waals surface area (Å²) in [5, 5.41) is 3.34. The number of carbonyl (C=O) groups is 1.